The summed E-state index contributed by atoms with van der Waals surface area (Å²) in [6, 6.07) is 0. The minimum absolute atomic E-state index is 0.197. The first-order valence-corrected chi connectivity index (χ1v) is 7.41. The summed E-state index contributed by atoms with van der Waals surface area (Å²) in [5.41, 5.74) is 2.46. The summed E-state index contributed by atoms with van der Waals surface area (Å²) in [7, 11) is -0.197. The first-order chi connectivity index (χ1) is 8.71. The lowest BCUT2D eigenvalue weighted by molar-refractivity contribution is 0.00578. The molecule has 0 unspecified atom stereocenters. The van der Waals surface area contributed by atoms with Crippen LogP contribution in [-0.2, 0) is 9.31 Å². The predicted molar refractivity (Wildman–Crippen MR) is 80.9 cm³/mol. The third-order valence-corrected chi connectivity index (χ3v) is 4.95. The summed E-state index contributed by atoms with van der Waals surface area (Å²) >= 11 is 0. The van der Waals surface area contributed by atoms with Gasteiger partial charge in [-0.3, -0.25) is 0 Å². The molecule has 1 fully saturated rings. The number of rotatable bonds is 2. The van der Waals surface area contributed by atoms with Crippen molar-refractivity contribution in [1.29, 1.82) is 0 Å². The second kappa shape index (κ2) is 5.10. The van der Waals surface area contributed by atoms with Crippen molar-refractivity contribution in [3.05, 3.63) is 23.2 Å². The number of hydrogen-bond donors (Lipinski definition) is 0. The lowest BCUT2D eigenvalue weighted by Gasteiger charge is -2.32. The van der Waals surface area contributed by atoms with Gasteiger partial charge in [0.05, 0.1) is 11.2 Å². The van der Waals surface area contributed by atoms with E-state index in [1.807, 2.05) is 0 Å². The van der Waals surface area contributed by atoms with Gasteiger partial charge >= 0.3 is 7.12 Å². The standard InChI is InChI=1S/C16H27BO2/c1-12-7-9-14(10-8-12)13(2)11-17-18-15(3,4)16(5,6)19-17/h7,11,14H,8-10H2,1-6H3/b13-11+/t14-/m1/s1. The van der Waals surface area contributed by atoms with Crippen LogP contribution < -0.4 is 0 Å². The second-order valence-corrected chi connectivity index (χ2v) is 7.06. The van der Waals surface area contributed by atoms with Gasteiger partial charge in [0.1, 0.15) is 0 Å². The van der Waals surface area contributed by atoms with Crippen LogP contribution in [0.4, 0.5) is 0 Å². The van der Waals surface area contributed by atoms with Crippen LogP contribution in [0.2, 0.25) is 0 Å². The third kappa shape index (κ3) is 3.14. The van der Waals surface area contributed by atoms with E-state index >= 15 is 0 Å². The largest absolute Gasteiger partial charge is 0.487 e. The highest BCUT2D eigenvalue weighted by molar-refractivity contribution is 6.51. The fourth-order valence-electron chi connectivity index (χ4n) is 2.69. The van der Waals surface area contributed by atoms with Crippen LogP contribution in [0.3, 0.4) is 0 Å². The van der Waals surface area contributed by atoms with Gasteiger partial charge in [0.2, 0.25) is 0 Å². The van der Waals surface area contributed by atoms with Crippen molar-refractivity contribution in [2.45, 2.75) is 72.0 Å². The summed E-state index contributed by atoms with van der Waals surface area (Å²) < 4.78 is 12.1. The molecular formula is C16H27BO2. The van der Waals surface area contributed by atoms with E-state index < -0.39 is 0 Å². The van der Waals surface area contributed by atoms with E-state index in [4.69, 9.17) is 9.31 Å². The fourth-order valence-corrected chi connectivity index (χ4v) is 2.69. The quantitative estimate of drug-likeness (QED) is 0.545. The first-order valence-electron chi connectivity index (χ1n) is 7.41. The van der Waals surface area contributed by atoms with Crippen LogP contribution in [0.15, 0.2) is 23.2 Å². The molecule has 0 bridgehead atoms. The van der Waals surface area contributed by atoms with E-state index in [1.54, 1.807) is 0 Å². The van der Waals surface area contributed by atoms with Gasteiger partial charge in [-0.05, 0) is 66.7 Å². The molecule has 2 nitrogen and oxygen atoms in total. The van der Waals surface area contributed by atoms with E-state index in [-0.39, 0.29) is 18.3 Å². The zero-order valence-corrected chi connectivity index (χ0v) is 13.2. The van der Waals surface area contributed by atoms with E-state index in [0.717, 1.165) is 6.42 Å². The average Bonchev–Trinajstić information content (AvgIpc) is 2.47. The SMILES string of the molecule is CC1=CC[C@@H](/C(C)=C/B2OC(C)(C)C(C)(C)O2)CC1. The molecule has 0 aromatic rings. The van der Waals surface area contributed by atoms with E-state index in [2.05, 4.69) is 53.6 Å². The molecule has 0 saturated carbocycles. The Morgan fingerprint density at radius 3 is 2.32 bits per heavy atom. The first kappa shape index (κ1) is 14.9. The molecule has 0 amide bonds. The maximum absolute atomic E-state index is 6.03. The molecule has 1 aliphatic carbocycles. The molecule has 2 aliphatic rings. The number of allylic oxidation sites excluding steroid dienone is 3. The average molecular weight is 262 g/mol. The van der Waals surface area contributed by atoms with Crippen LogP contribution >= 0.6 is 0 Å². The van der Waals surface area contributed by atoms with Gasteiger partial charge in [0, 0.05) is 0 Å². The van der Waals surface area contributed by atoms with Crippen LogP contribution in [0.25, 0.3) is 0 Å². The minimum atomic E-state index is -0.239. The summed E-state index contributed by atoms with van der Waals surface area (Å²) in [4.78, 5) is 0. The van der Waals surface area contributed by atoms with Crippen molar-refractivity contribution >= 4 is 7.12 Å². The van der Waals surface area contributed by atoms with Gasteiger partial charge in [-0.2, -0.15) is 0 Å². The molecule has 0 aromatic heterocycles. The van der Waals surface area contributed by atoms with Crippen LogP contribution in [0.5, 0.6) is 0 Å². The fraction of sp³-hybridized carbons (Fsp3) is 0.750. The molecule has 1 heterocycles. The Hall–Kier alpha value is -0.535. The molecule has 2 rings (SSSR count). The predicted octanol–water partition coefficient (Wildman–Crippen LogP) is 4.31. The molecule has 1 atom stereocenters. The molecule has 1 saturated heterocycles. The smallest absolute Gasteiger partial charge is 0.400 e. The minimum Gasteiger partial charge on any atom is -0.400 e. The number of hydrogen-bond acceptors (Lipinski definition) is 2. The maximum atomic E-state index is 6.03. The zero-order chi connectivity index (χ0) is 14.3. The molecule has 0 radical (unpaired) electrons. The Balaban J connectivity index is 2.03. The lowest BCUT2D eigenvalue weighted by Crippen LogP contribution is -2.41. The highest BCUT2D eigenvalue weighted by atomic mass is 16.7. The Morgan fingerprint density at radius 1 is 1.26 bits per heavy atom. The highest BCUT2D eigenvalue weighted by Gasteiger charge is 2.50. The van der Waals surface area contributed by atoms with Crippen LogP contribution in [-0.4, -0.2) is 18.3 Å². The third-order valence-electron chi connectivity index (χ3n) is 4.95. The zero-order valence-electron chi connectivity index (χ0n) is 13.2. The van der Waals surface area contributed by atoms with Gasteiger partial charge in [-0.1, -0.05) is 23.2 Å². The van der Waals surface area contributed by atoms with Crippen LogP contribution in [0, 0.1) is 5.92 Å². The maximum Gasteiger partial charge on any atom is 0.487 e. The monoisotopic (exact) mass is 262 g/mol. The van der Waals surface area contributed by atoms with Crippen molar-refractivity contribution in [1.82, 2.24) is 0 Å². The van der Waals surface area contributed by atoms with E-state index in [9.17, 15) is 0 Å². The Morgan fingerprint density at radius 2 is 1.84 bits per heavy atom. The van der Waals surface area contributed by atoms with Gasteiger partial charge in [-0.25, -0.2) is 0 Å². The van der Waals surface area contributed by atoms with Gasteiger partial charge in [0.25, 0.3) is 0 Å². The molecule has 1 aliphatic heterocycles. The summed E-state index contributed by atoms with van der Waals surface area (Å²) in [6.07, 6.45) is 6.01. The summed E-state index contributed by atoms with van der Waals surface area (Å²) in [5.74, 6) is 2.83. The molecule has 0 N–H and O–H groups in total. The van der Waals surface area contributed by atoms with Gasteiger partial charge in [0.15, 0.2) is 0 Å². The Bertz CT molecular complexity index is 391. The molecule has 0 spiro atoms. The van der Waals surface area contributed by atoms with E-state index in [1.165, 1.54) is 24.0 Å². The molecule has 106 valence electrons. The molecule has 3 heteroatoms. The lowest BCUT2D eigenvalue weighted by atomic mass is 9.79. The normalized spacial score (nSPS) is 30.4. The van der Waals surface area contributed by atoms with Crippen molar-refractivity contribution in [3.63, 3.8) is 0 Å². The Kier molecular flexibility index (Phi) is 3.99. The summed E-state index contributed by atoms with van der Waals surface area (Å²) in [5, 5.41) is 0. The van der Waals surface area contributed by atoms with Crippen LogP contribution in [0.1, 0.15) is 60.8 Å². The highest BCUT2D eigenvalue weighted by Crippen LogP contribution is 2.38. The molecule has 0 aromatic carbocycles. The molecular weight excluding hydrogens is 235 g/mol. The second-order valence-electron chi connectivity index (χ2n) is 7.06. The molecule has 19 heavy (non-hydrogen) atoms. The Labute approximate surface area is 118 Å². The van der Waals surface area contributed by atoms with Crippen molar-refractivity contribution < 1.29 is 9.31 Å². The summed E-state index contributed by atoms with van der Waals surface area (Å²) in [6.45, 7) is 12.8. The topological polar surface area (TPSA) is 18.5 Å². The van der Waals surface area contributed by atoms with Gasteiger partial charge < -0.3 is 9.31 Å². The van der Waals surface area contributed by atoms with E-state index in [0.29, 0.717) is 5.92 Å². The van der Waals surface area contributed by atoms with Crippen molar-refractivity contribution in [3.8, 4) is 0 Å². The van der Waals surface area contributed by atoms with Crippen molar-refractivity contribution in [2.24, 2.45) is 5.92 Å². The van der Waals surface area contributed by atoms with Gasteiger partial charge in [-0.15, -0.1) is 0 Å². The van der Waals surface area contributed by atoms with Crippen molar-refractivity contribution in [2.75, 3.05) is 0 Å².